The van der Waals surface area contributed by atoms with Crippen LogP contribution in [0, 0.1) is 5.92 Å². The Morgan fingerprint density at radius 2 is 2.06 bits per heavy atom. The lowest BCUT2D eigenvalue weighted by Gasteiger charge is -2.21. The lowest BCUT2D eigenvalue weighted by atomic mass is 9.98. The second-order valence-corrected chi connectivity index (χ2v) is 4.60. The van der Waals surface area contributed by atoms with Crippen molar-refractivity contribution in [3.63, 3.8) is 0 Å². The Kier molecular flexibility index (Phi) is 3.61. The van der Waals surface area contributed by atoms with Gasteiger partial charge in [-0.1, -0.05) is 0 Å². The maximum Gasteiger partial charge on any atom is 0.239 e. The third-order valence-electron chi connectivity index (χ3n) is 3.00. The molecule has 1 unspecified atom stereocenters. The summed E-state index contributed by atoms with van der Waals surface area (Å²) in [5.74, 6) is -0.515. The highest BCUT2D eigenvalue weighted by atomic mass is 16.2. The summed E-state index contributed by atoms with van der Waals surface area (Å²) >= 11 is 0. The van der Waals surface area contributed by atoms with Crippen molar-refractivity contribution in [3.8, 4) is 0 Å². The van der Waals surface area contributed by atoms with Crippen molar-refractivity contribution in [1.82, 2.24) is 16.0 Å². The molecule has 2 fully saturated rings. The first kappa shape index (κ1) is 11.9. The summed E-state index contributed by atoms with van der Waals surface area (Å²) in [6, 6.07) is 0.313. The summed E-state index contributed by atoms with van der Waals surface area (Å²) in [6.07, 6.45) is 3.01. The topological polar surface area (TPSA) is 87.3 Å². The van der Waals surface area contributed by atoms with E-state index in [2.05, 4.69) is 16.0 Å². The molecule has 1 atom stereocenters. The SMILES string of the molecule is O=C1CCC(C(=O)NCC(=O)NC2CC2)CN1. The van der Waals surface area contributed by atoms with Crippen molar-refractivity contribution in [2.75, 3.05) is 13.1 Å². The highest BCUT2D eigenvalue weighted by Gasteiger charge is 2.26. The number of rotatable bonds is 4. The smallest absolute Gasteiger partial charge is 0.239 e. The Balaban J connectivity index is 1.65. The molecule has 6 nitrogen and oxygen atoms in total. The monoisotopic (exact) mass is 239 g/mol. The van der Waals surface area contributed by atoms with Gasteiger partial charge in [0.2, 0.25) is 17.7 Å². The summed E-state index contributed by atoms with van der Waals surface area (Å²) in [7, 11) is 0. The standard InChI is InChI=1S/C11H17N3O3/c15-9-4-1-7(5-12-9)11(17)13-6-10(16)14-8-2-3-8/h7-8H,1-6H2,(H,12,15)(H,13,17)(H,14,16). The molecule has 1 heterocycles. The van der Waals surface area contributed by atoms with Crippen LogP contribution in [0.15, 0.2) is 0 Å². The van der Waals surface area contributed by atoms with E-state index in [-0.39, 0.29) is 30.2 Å². The fraction of sp³-hybridized carbons (Fsp3) is 0.727. The average Bonchev–Trinajstić information content (AvgIpc) is 3.11. The molecule has 0 spiro atoms. The van der Waals surface area contributed by atoms with E-state index in [1.54, 1.807) is 0 Å². The fourth-order valence-electron chi connectivity index (χ4n) is 1.77. The Labute approximate surface area is 99.5 Å². The highest BCUT2D eigenvalue weighted by molar-refractivity contribution is 5.87. The molecule has 3 N–H and O–H groups in total. The third kappa shape index (κ3) is 3.72. The molecular formula is C11H17N3O3. The Morgan fingerprint density at radius 1 is 1.29 bits per heavy atom. The first-order chi connectivity index (χ1) is 8.15. The van der Waals surface area contributed by atoms with E-state index in [1.165, 1.54) is 0 Å². The van der Waals surface area contributed by atoms with Crippen molar-refractivity contribution in [2.45, 2.75) is 31.7 Å². The molecule has 2 rings (SSSR count). The van der Waals surface area contributed by atoms with Crippen LogP contribution in [0.3, 0.4) is 0 Å². The number of hydrogen-bond acceptors (Lipinski definition) is 3. The molecule has 1 aliphatic heterocycles. The van der Waals surface area contributed by atoms with Crippen LogP contribution in [0.5, 0.6) is 0 Å². The molecule has 0 aromatic heterocycles. The van der Waals surface area contributed by atoms with Crippen LogP contribution in [0.4, 0.5) is 0 Å². The number of nitrogens with one attached hydrogen (secondary N) is 3. The van der Waals surface area contributed by atoms with Crippen LogP contribution in [0.2, 0.25) is 0 Å². The van der Waals surface area contributed by atoms with Gasteiger partial charge in [-0.3, -0.25) is 14.4 Å². The van der Waals surface area contributed by atoms with Crippen molar-refractivity contribution < 1.29 is 14.4 Å². The largest absolute Gasteiger partial charge is 0.355 e. The molecule has 1 aliphatic carbocycles. The van der Waals surface area contributed by atoms with Gasteiger partial charge in [-0.2, -0.15) is 0 Å². The molecule has 1 saturated carbocycles. The zero-order valence-corrected chi connectivity index (χ0v) is 9.62. The van der Waals surface area contributed by atoms with E-state index >= 15 is 0 Å². The summed E-state index contributed by atoms with van der Waals surface area (Å²) in [4.78, 5) is 33.9. The molecule has 3 amide bonds. The van der Waals surface area contributed by atoms with Crippen molar-refractivity contribution in [3.05, 3.63) is 0 Å². The summed E-state index contributed by atoms with van der Waals surface area (Å²) in [6.45, 7) is 0.398. The first-order valence-corrected chi connectivity index (χ1v) is 5.99. The lowest BCUT2D eigenvalue weighted by molar-refractivity contribution is -0.131. The second kappa shape index (κ2) is 5.16. The van der Waals surface area contributed by atoms with Crippen LogP contribution < -0.4 is 16.0 Å². The van der Waals surface area contributed by atoms with Gasteiger partial charge < -0.3 is 16.0 Å². The molecular weight excluding hydrogens is 222 g/mol. The van der Waals surface area contributed by atoms with Crippen LogP contribution in [0.25, 0.3) is 0 Å². The van der Waals surface area contributed by atoms with Crippen molar-refractivity contribution in [2.24, 2.45) is 5.92 Å². The van der Waals surface area contributed by atoms with E-state index in [0.29, 0.717) is 25.4 Å². The van der Waals surface area contributed by atoms with Crippen LogP contribution in [-0.2, 0) is 14.4 Å². The van der Waals surface area contributed by atoms with E-state index in [4.69, 9.17) is 0 Å². The van der Waals surface area contributed by atoms with E-state index in [9.17, 15) is 14.4 Å². The fourth-order valence-corrected chi connectivity index (χ4v) is 1.77. The quantitative estimate of drug-likeness (QED) is 0.582. The van der Waals surface area contributed by atoms with Crippen molar-refractivity contribution >= 4 is 17.7 Å². The number of carbonyl (C=O) groups excluding carboxylic acids is 3. The van der Waals surface area contributed by atoms with Gasteiger partial charge in [0.25, 0.3) is 0 Å². The zero-order valence-electron chi connectivity index (χ0n) is 9.62. The van der Waals surface area contributed by atoms with Crippen molar-refractivity contribution in [1.29, 1.82) is 0 Å². The predicted octanol–water partition coefficient (Wildman–Crippen LogP) is -1.09. The summed E-state index contributed by atoms with van der Waals surface area (Å²) in [5.41, 5.74) is 0. The summed E-state index contributed by atoms with van der Waals surface area (Å²) in [5, 5.41) is 8.04. The van der Waals surface area contributed by atoms with Crippen LogP contribution in [0.1, 0.15) is 25.7 Å². The normalized spacial score (nSPS) is 23.8. The van der Waals surface area contributed by atoms with Gasteiger partial charge in [0, 0.05) is 19.0 Å². The molecule has 17 heavy (non-hydrogen) atoms. The summed E-state index contributed by atoms with van der Waals surface area (Å²) < 4.78 is 0. The predicted molar refractivity (Wildman–Crippen MR) is 59.9 cm³/mol. The number of piperidine rings is 1. The minimum absolute atomic E-state index is 0.0134. The molecule has 0 bridgehead atoms. The maximum atomic E-state index is 11.7. The van der Waals surface area contributed by atoms with E-state index < -0.39 is 0 Å². The highest BCUT2D eigenvalue weighted by Crippen LogP contribution is 2.18. The van der Waals surface area contributed by atoms with Gasteiger partial charge in [0.1, 0.15) is 0 Å². The van der Waals surface area contributed by atoms with Gasteiger partial charge in [0.15, 0.2) is 0 Å². The molecule has 0 radical (unpaired) electrons. The molecule has 2 aliphatic rings. The van der Waals surface area contributed by atoms with Crippen LogP contribution >= 0.6 is 0 Å². The first-order valence-electron chi connectivity index (χ1n) is 5.99. The molecule has 1 saturated heterocycles. The van der Waals surface area contributed by atoms with E-state index in [1.807, 2.05) is 0 Å². The maximum absolute atomic E-state index is 11.7. The van der Waals surface area contributed by atoms with E-state index in [0.717, 1.165) is 12.8 Å². The molecule has 0 aromatic carbocycles. The van der Waals surface area contributed by atoms with Gasteiger partial charge in [-0.05, 0) is 19.3 Å². The lowest BCUT2D eigenvalue weighted by Crippen LogP contribution is -2.45. The Hall–Kier alpha value is -1.59. The number of amides is 3. The third-order valence-corrected chi connectivity index (χ3v) is 3.00. The molecule has 94 valence electrons. The average molecular weight is 239 g/mol. The zero-order chi connectivity index (χ0) is 12.3. The Bertz CT molecular complexity index is 329. The van der Waals surface area contributed by atoms with Gasteiger partial charge in [-0.15, -0.1) is 0 Å². The second-order valence-electron chi connectivity index (χ2n) is 4.60. The van der Waals surface area contributed by atoms with Crippen LogP contribution in [-0.4, -0.2) is 36.9 Å². The van der Waals surface area contributed by atoms with Gasteiger partial charge in [-0.25, -0.2) is 0 Å². The number of carbonyl (C=O) groups is 3. The van der Waals surface area contributed by atoms with Gasteiger partial charge >= 0.3 is 0 Å². The minimum Gasteiger partial charge on any atom is -0.355 e. The Morgan fingerprint density at radius 3 is 2.65 bits per heavy atom. The van der Waals surface area contributed by atoms with Gasteiger partial charge in [0.05, 0.1) is 12.5 Å². The molecule has 6 heteroatoms. The number of hydrogen-bond donors (Lipinski definition) is 3. The molecule has 0 aromatic rings. The minimum atomic E-state index is -0.207.